The maximum absolute atomic E-state index is 13.8. The van der Waals surface area contributed by atoms with Crippen LogP contribution in [0, 0.1) is 18.7 Å². The highest BCUT2D eigenvalue weighted by molar-refractivity contribution is 7.10. The number of carbonyl (C=O) groups is 1. The molecule has 2 nitrogen and oxygen atoms in total. The van der Waals surface area contributed by atoms with Gasteiger partial charge in [-0.2, -0.15) is 0 Å². The Morgan fingerprint density at radius 3 is 2.81 bits per heavy atom. The minimum atomic E-state index is -0.199. The second kappa shape index (κ2) is 5.60. The summed E-state index contributed by atoms with van der Waals surface area (Å²) in [5.41, 5.74) is 1.90. The number of rotatable bonds is 4. The molecule has 0 N–H and O–H groups in total. The van der Waals surface area contributed by atoms with Crippen LogP contribution >= 0.6 is 11.3 Å². The molecule has 2 aromatic rings. The highest BCUT2D eigenvalue weighted by atomic mass is 32.1. The largest absolute Gasteiger partial charge is 0.340 e. The van der Waals surface area contributed by atoms with Gasteiger partial charge < -0.3 is 4.90 Å². The van der Waals surface area contributed by atoms with Crippen molar-refractivity contribution in [2.45, 2.75) is 25.8 Å². The van der Waals surface area contributed by atoms with Gasteiger partial charge in [0.2, 0.25) is 5.91 Å². The van der Waals surface area contributed by atoms with Crippen LogP contribution in [0.2, 0.25) is 0 Å². The highest BCUT2D eigenvalue weighted by Crippen LogP contribution is 2.49. The number of thiophene rings is 1. The van der Waals surface area contributed by atoms with E-state index in [0.29, 0.717) is 12.1 Å². The van der Waals surface area contributed by atoms with Crippen molar-refractivity contribution in [3.05, 3.63) is 57.5 Å². The minimum Gasteiger partial charge on any atom is -0.340 e. The van der Waals surface area contributed by atoms with Gasteiger partial charge >= 0.3 is 0 Å². The molecule has 21 heavy (non-hydrogen) atoms. The van der Waals surface area contributed by atoms with Crippen LogP contribution in [0.1, 0.15) is 28.3 Å². The lowest BCUT2D eigenvalue weighted by Crippen LogP contribution is -2.28. The Morgan fingerprint density at radius 1 is 1.38 bits per heavy atom. The van der Waals surface area contributed by atoms with Crippen LogP contribution in [0.4, 0.5) is 4.39 Å². The van der Waals surface area contributed by atoms with Crippen molar-refractivity contribution in [3.63, 3.8) is 0 Å². The summed E-state index contributed by atoms with van der Waals surface area (Å²) in [5, 5.41) is 2.04. The Hall–Kier alpha value is -1.68. The molecule has 2 atom stereocenters. The van der Waals surface area contributed by atoms with Crippen molar-refractivity contribution < 1.29 is 9.18 Å². The Morgan fingerprint density at radius 2 is 2.14 bits per heavy atom. The van der Waals surface area contributed by atoms with Gasteiger partial charge in [-0.15, -0.1) is 11.3 Å². The number of amides is 1. The smallest absolute Gasteiger partial charge is 0.226 e. The van der Waals surface area contributed by atoms with Crippen LogP contribution in [0.3, 0.4) is 0 Å². The molecule has 1 aliphatic carbocycles. The van der Waals surface area contributed by atoms with Crippen LogP contribution in [-0.4, -0.2) is 17.9 Å². The average molecular weight is 303 g/mol. The van der Waals surface area contributed by atoms with E-state index in [1.807, 2.05) is 18.5 Å². The van der Waals surface area contributed by atoms with E-state index in [2.05, 4.69) is 13.0 Å². The molecule has 0 radical (unpaired) electrons. The molecule has 3 rings (SSSR count). The standard InChI is InChI=1S/C17H18FNOS/c1-11-7-8-21-16(11)10-19(2)17(20)14-9-13(14)12-5-3-4-6-15(12)18/h3-8,13-14H,9-10H2,1-2H3. The average Bonchev–Trinajstić information content (AvgIpc) is 3.16. The molecular formula is C17H18FNOS. The van der Waals surface area contributed by atoms with Gasteiger partial charge in [0.25, 0.3) is 0 Å². The van der Waals surface area contributed by atoms with E-state index >= 15 is 0 Å². The summed E-state index contributed by atoms with van der Waals surface area (Å²) in [6, 6.07) is 8.84. The summed E-state index contributed by atoms with van der Waals surface area (Å²) >= 11 is 1.67. The van der Waals surface area contributed by atoms with Gasteiger partial charge in [0.15, 0.2) is 0 Å². The molecule has 1 fully saturated rings. The molecule has 0 aliphatic heterocycles. The lowest BCUT2D eigenvalue weighted by molar-refractivity contribution is -0.131. The third-order valence-electron chi connectivity index (χ3n) is 4.14. The van der Waals surface area contributed by atoms with E-state index in [4.69, 9.17) is 0 Å². The zero-order valence-electron chi connectivity index (χ0n) is 12.2. The SMILES string of the molecule is Cc1ccsc1CN(C)C(=O)C1CC1c1ccccc1F. The van der Waals surface area contributed by atoms with E-state index in [1.165, 1.54) is 16.5 Å². The summed E-state index contributed by atoms with van der Waals surface area (Å²) in [5.74, 6) is -0.0941. The number of hydrogen-bond donors (Lipinski definition) is 0. The predicted molar refractivity (Wildman–Crippen MR) is 82.8 cm³/mol. The lowest BCUT2D eigenvalue weighted by atomic mass is 10.1. The number of halogens is 1. The van der Waals surface area contributed by atoms with Gasteiger partial charge in [0, 0.05) is 17.8 Å². The Bertz CT molecular complexity index is 666. The fraction of sp³-hybridized carbons (Fsp3) is 0.353. The van der Waals surface area contributed by atoms with Gasteiger partial charge in [-0.3, -0.25) is 4.79 Å². The molecule has 1 amide bonds. The molecule has 110 valence electrons. The quantitative estimate of drug-likeness (QED) is 0.837. The molecular weight excluding hydrogens is 285 g/mol. The molecule has 1 heterocycles. The van der Waals surface area contributed by atoms with Crippen molar-refractivity contribution in [1.29, 1.82) is 0 Å². The van der Waals surface area contributed by atoms with Crippen LogP contribution in [0.15, 0.2) is 35.7 Å². The fourth-order valence-electron chi connectivity index (χ4n) is 2.73. The van der Waals surface area contributed by atoms with Crippen molar-refractivity contribution >= 4 is 17.2 Å². The van der Waals surface area contributed by atoms with E-state index < -0.39 is 0 Å². The van der Waals surface area contributed by atoms with E-state index in [0.717, 1.165) is 6.42 Å². The van der Waals surface area contributed by atoms with Crippen LogP contribution in [0.5, 0.6) is 0 Å². The van der Waals surface area contributed by atoms with Gasteiger partial charge in [-0.25, -0.2) is 4.39 Å². The van der Waals surface area contributed by atoms with Gasteiger partial charge in [-0.05, 0) is 47.9 Å². The van der Waals surface area contributed by atoms with Crippen molar-refractivity contribution in [2.75, 3.05) is 7.05 Å². The van der Waals surface area contributed by atoms with E-state index in [1.54, 1.807) is 28.4 Å². The van der Waals surface area contributed by atoms with Crippen molar-refractivity contribution in [3.8, 4) is 0 Å². The number of nitrogens with zero attached hydrogens (tertiary/aromatic N) is 1. The second-order valence-corrected chi connectivity index (χ2v) is 6.69. The Kier molecular flexibility index (Phi) is 3.81. The normalized spacial score (nSPS) is 20.3. The number of hydrogen-bond acceptors (Lipinski definition) is 2. The third-order valence-corrected chi connectivity index (χ3v) is 5.15. The first kappa shape index (κ1) is 14.3. The monoisotopic (exact) mass is 303 g/mol. The maximum atomic E-state index is 13.8. The first-order valence-electron chi connectivity index (χ1n) is 7.10. The molecule has 2 unspecified atom stereocenters. The van der Waals surface area contributed by atoms with E-state index in [9.17, 15) is 9.18 Å². The lowest BCUT2D eigenvalue weighted by Gasteiger charge is -2.17. The van der Waals surface area contributed by atoms with Crippen molar-refractivity contribution in [1.82, 2.24) is 4.90 Å². The van der Waals surface area contributed by atoms with Gasteiger partial charge in [0.05, 0.1) is 6.54 Å². The summed E-state index contributed by atoms with van der Waals surface area (Å²) in [6.07, 6.45) is 0.757. The Labute approximate surface area is 128 Å². The molecule has 0 bridgehead atoms. The number of benzene rings is 1. The fourth-order valence-corrected chi connectivity index (χ4v) is 3.69. The number of aryl methyl sites for hydroxylation is 1. The molecule has 1 aromatic heterocycles. The zero-order valence-corrected chi connectivity index (χ0v) is 13.0. The second-order valence-electron chi connectivity index (χ2n) is 5.69. The number of carbonyl (C=O) groups excluding carboxylic acids is 1. The first-order valence-corrected chi connectivity index (χ1v) is 7.98. The molecule has 0 spiro atoms. The molecule has 4 heteroatoms. The summed E-state index contributed by atoms with van der Waals surface area (Å²) in [6.45, 7) is 2.70. The van der Waals surface area contributed by atoms with Crippen molar-refractivity contribution in [2.24, 2.45) is 5.92 Å². The molecule has 1 aliphatic rings. The van der Waals surface area contributed by atoms with Gasteiger partial charge in [-0.1, -0.05) is 18.2 Å². The molecule has 0 saturated heterocycles. The van der Waals surface area contributed by atoms with Crippen LogP contribution in [-0.2, 0) is 11.3 Å². The Balaban J connectivity index is 1.65. The first-order chi connectivity index (χ1) is 10.1. The third kappa shape index (κ3) is 2.86. The minimum absolute atomic E-state index is 0.0468. The molecule has 1 saturated carbocycles. The topological polar surface area (TPSA) is 20.3 Å². The predicted octanol–water partition coefficient (Wildman–Crippen LogP) is 3.96. The van der Waals surface area contributed by atoms with Crippen LogP contribution < -0.4 is 0 Å². The van der Waals surface area contributed by atoms with Crippen LogP contribution in [0.25, 0.3) is 0 Å². The maximum Gasteiger partial charge on any atom is 0.226 e. The summed E-state index contributed by atoms with van der Waals surface area (Å²) in [7, 11) is 1.83. The highest BCUT2D eigenvalue weighted by Gasteiger charge is 2.46. The van der Waals surface area contributed by atoms with E-state index in [-0.39, 0.29) is 23.6 Å². The van der Waals surface area contributed by atoms with Gasteiger partial charge in [0.1, 0.15) is 5.82 Å². The molecule has 1 aromatic carbocycles. The summed E-state index contributed by atoms with van der Waals surface area (Å²) in [4.78, 5) is 15.4. The summed E-state index contributed by atoms with van der Waals surface area (Å²) < 4.78 is 13.8. The zero-order chi connectivity index (χ0) is 15.0.